The molecule has 0 aromatic heterocycles. The van der Waals surface area contributed by atoms with Crippen LogP contribution in [0.4, 0.5) is 5.69 Å². The zero-order valence-corrected chi connectivity index (χ0v) is 23.6. The lowest BCUT2D eigenvalue weighted by Crippen LogP contribution is -2.48. The molecule has 210 valence electrons. The van der Waals surface area contributed by atoms with Crippen LogP contribution in [0.1, 0.15) is 35.1 Å². The minimum absolute atomic E-state index is 0.0145. The molecule has 6 nitrogen and oxygen atoms in total. The molecule has 1 fully saturated rings. The number of methoxy groups -OCH3 is 1. The third kappa shape index (κ3) is 6.44. The van der Waals surface area contributed by atoms with Gasteiger partial charge >= 0.3 is 0 Å². The molecule has 6 heteroatoms. The lowest BCUT2D eigenvalue weighted by molar-refractivity contribution is -0.130. The van der Waals surface area contributed by atoms with Crippen LogP contribution in [0, 0.1) is 11.8 Å². The first-order chi connectivity index (χ1) is 20.0. The predicted molar refractivity (Wildman–Crippen MR) is 163 cm³/mol. The summed E-state index contributed by atoms with van der Waals surface area (Å²) in [5, 5.41) is 8.68. The van der Waals surface area contributed by atoms with E-state index < -0.39 is 0 Å². The number of carbonyl (C=O) groups is 2. The number of amides is 2. The Labute approximate surface area is 241 Å². The van der Waals surface area contributed by atoms with Gasteiger partial charge in [0, 0.05) is 31.9 Å². The second-order valence-corrected chi connectivity index (χ2v) is 11.4. The highest BCUT2D eigenvalue weighted by molar-refractivity contribution is 5.93. The zero-order chi connectivity index (χ0) is 28.2. The molecule has 2 N–H and O–H groups in total. The fourth-order valence-electron chi connectivity index (χ4n) is 6.27. The highest BCUT2D eigenvalue weighted by Crippen LogP contribution is 2.28. The van der Waals surface area contributed by atoms with Crippen LogP contribution in [0.3, 0.4) is 0 Å². The molecule has 4 aromatic rings. The van der Waals surface area contributed by atoms with Crippen molar-refractivity contribution in [3.63, 3.8) is 0 Å². The van der Waals surface area contributed by atoms with Crippen LogP contribution >= 0.6 is 0 Å². The molecule has 2 aliphatic rings. The Morgan fingerprint density at radius 1 is 0.805 bits per heavy atom. The second-order valence-electron chi connectivity index (χ2n) is 11.4. The monoisotopic (exact) mass is 547 g/mol. The normalized spacial score (nSPS) is 18.6. The van der Waals surface area contributed by atoms with Crippen LogP contribution in [0.15, 0.2) is 84.9 Å². The quantitative estimate of drug-likeness (QED) is 0.296. The number of aryl methyl sites for hydroxylation is 2. The van der Waals surface area contributed by atoms with Crippen molar-refractivity contribution in [3.8, 4) is 5.75 Å². The van der Waals surface area contributed by atoms with Crippen LogP contribution in [0.5, 0.6) is 5.75 Å². The number of piperidine rings is 1. The van der Waals surface area contributed by atoms with Gasteiger partial charge in [-0.1, -0.05) is 54.6 Å². The van der Waals surface area contributed by atoms with Crippen molar-refractivity contribution in [1.82, 2.24) is 10.2 Å². The van der Waals surface area contributed by atoms with Gasteiger partial charge in [-0.2, -0.15) is 0 Å². The summed E-state index contributed by atoms with van der Waals surface area (Å²) in [6, 6.07) is 28.8. The summed E-state index contributed by atoms with van der Waals surface area (Å²) in [4.78, 5) is 29.3. The van der Waals surface area contributed by atoms with Crippen molar-refractivity contribution in [2.75, 3.05) is 25.5 Å². The van der Waals surface area contributed by atoms with E-state index in [-0.39, 0.29) is 23.7 Å². The summed E-state index contributed by atoms with van der Waals surface area (Å²) >= 11 is 0. The van der Waals surface area contributed by atoms with Crippen LogP contribution in [0.25, 0.3) is 10.8 Å². The average Bonchev–Trinajstić information content (AvgIpc) is 3.48. The van der Waals surface area contributed by atoms with E-state index in [2.05, 4.69) is 64.1 Å². The molecule has 0 radical (unpaired) electrons. The maximum absolute atomic E-state index is 13.6. The van der Waals surface area contributed by atoms with E-state index in [1.807, 2.05) is 36.4 Å². The van der Waals surface area contributed by atoms with Gasteiger partial charge in [0.15, 0.2) is 0 Å². The average molecular weight is 548 g/mol. The largest absolute Gasteiger partial charge is 0.497 e. The fourth-order valence-corrected chi connectivity index (χ4v) is 6.27. The van der Waals surface area contributed by atoms with Crippen molar-refractivity contribution in [2.45, 2.75) is 38.8 Å². The number of likely N-dealkylation sites (tertiary alicyclic amines) is 1. The lowest BCUT2D eigenvalue weighted by atomic mass is 9.87. The SMILES string of the molecule is COc1ccc(CNC(=O)[C@H]2C[C@@H](C(=O)Nc3ccc4c(c3)CCC4)CN(Cc3ccc4ccccc4c3)C2)cc1. The Kier molecular flexibility index (Phi) is 8.01. The van der Waals surface area contributed by atoms with Crippen molar-refractivity contribution in [2.24, 2.45) is 11.8 Å². The summed E-state index contributed by atoms with van der Waals surface area (Å²) in [6.45, 7) is 2.36. The zero-order valence-electron chi connectivity index (χ0n) is 23.6. The van der Waals surface area contributed by atoms with Crippen LogP contribution in [-0.2, 0) is 35.5 Å². The molecule has 4 aromatic carbocycles. The van der Waals surface area contributed by atoms with Crippen molar-refractivity contribution < 1.29 is 14.3 Å². The number of fused-ring (bicyclic) bond motifs is 2. The first-order valence-electron chi connectivity index (χ1n) is 14.6. The Balaban J connectivity index is 1.17. The molecule has 1 saturated heterocycles. The number of hydrogen-bond acceptors (Lipinski definition) is 4. The molecule has 6 rings (SSSR count). The standard InChI is InChI=1S/C35H37N3O3/c1-41-33-15-10-24(11-16-33)20-36-34(39)30-18-31(35(40)37-32-14-13-27-7-4-8-29(27)19-32)23-38(22-30)21-25-9-12-26-5-2-3-6-28(26)17-25/h2-3,5-6,9-17,19,30-31H,4,7-8,18,20-23H2,1H3,(H,36,39)(H,37,40)/t30-,31+/m0/s1. The van der Waals surface area contributed by atoms with Gasteiger partial charge in [0.25, 0.3) is 0 Å². The van der Waals surface area contributed by atoms with Crippen molar-refractivity contribution in [3.05, 3.63) is 107 Å². The van der Waals surface area contributed by atoms with E-state index in [4.69, 9.17) is 4.74 Å². The molecule has 1 aliphatic carbocycles. The molecule has 0 unspecified atom stereocenters. The number of rotatable bonds is 8. The van der Waals surface area contributed by atoms with Gasteiger partial charge in [-0.15, -0.1) is 0 Å². The van der Waals surface area contributed by atoms with Crippen LogP contribution in [-0.4, -0.2) is 36.9 Å². The van der Waals surface area contributed by atoms with Gasteiger partial charge in [0.05, 0.1) is 18.9 Å². The van der Waals surface area contributed by atoms with E-state index in [0.29, 0.717) is 32.6 Å². The lowest BCUT2D eigenvalue weighted by Gasteiger charge is -2.36. The van der Waals surface area contributed by atoms with E-state index in [9.17, 15) is 9.59 Å². The minimum atomic E-state index is -0.283. The maximum Gasteiger partial charge on any atom is 0.228 e. The molecule has 2 amide bonds. The van der Waals surface area contributed by atoms with Crippen molar-refractivity contribution in [1.29, 1.82) is 0 Å². The number of hydrogen-bond donors (Lipinski definition) is 2. The van der Waals surface area contributed by atoms with Gasteiger partial charge in [0.1, 0.15) is 5.75 Å². The second kappa shape index (κ2) is 12.1. The van der Waals surface area contributed by atoms with E-state index in [1.165, 1.54) is 33.9 Å². The predicted octanol–water partition coefficient (Wildman–Crippen LogP) is 5.73. The van der Waals surface area contributed by atoms with Crippen LogP contribution in [0.2, 0.25) is 0 Å². The topological polar surface area (TPSA) is 70.7 Å². The fraction of sp³-hybridized carbons (Fsp3) is 0.314. The number of benzene rings is 4. The summed E-state index contributed by atoms with van der Waals surface area (Å²) in [5.74, 6) is 0.194. The van der Waals surface area contributed by atoms with Gasteiger partial charge in [-0.25, -0.2) is 0 Å². The Morgan fingerprint density at radius 2 is 1.54 bits per heavy atom. The van der Waals surface area contributed by atoms with Gasteiger partial charge in [0.2, 0.25) is 11.8 Å². The molecule has 0 spiro atoms. The molecule has 41 heavy (non-hydrogen) atoms. The molecular weight excluding hydrogens is 510 g/mol. The third-order valence-corrected chi connectivity index (χ3v) is 8.48. The number of carbonyl (C=O) groups excluding carboxylic acids is 2. The maximum atomic E-state index is 13.6. The number of ether oxygens (including phenoxy) is 1. The number of anilines is 1. The highest BCUT2D eigenvalue weighted by atomic mass is 16.5. The van der Waals surface area contributed by atoms with E-state index >= 15 is 0 Å². The van der Waals surface area contributed by atoms with Gasteiger partial charge in [-0.05, 0) is 89.0 Å². The van der Waals surface area contributed by atoms with Gasteiger partial charge < -0.3 is 15.4 Å². The molecule has 1 heterocycles. The molecule has 2 atom stereocenters. The number of nitrogens with one attached hydrogen (secondary N) is 2. The highest BCUT2D eigenvalue weighted by Gasteiger charge is 2.35. The summed E-state index contributed by atoms with van der Waals surface area (Å²) < 4.78 is 5.24. The molecule has 1 aliphatic heterocycles. The van der Waals surface area contributed by atoms with Crippen LogP contribution < -0.4 is 15.4 Å². The van der Waals surface area contributed by atoms with E-state index in [1.54, 1.807) is 7.11 Å². The Morgan fingerprint density at radius 3 is 2.34 bits per heavy atom. The molecular formula is C35H37N3O3. The minimum Gasteiger partial charge on any atom is -0.497 e. The van der Waals surface area contributed by atoms with Crippen molar-refractivity contribution >= 4 is 28.3 Å². The molecule has 0 bridgehead atoms. The first-order valence-corrected chi connectivity index (χ1v) is 14.6. The van der Waals surface area contributed by atoms with Gasteiger partial charge in [-0.3, -0.25) is 14.5 Å². The third-order valence-electron chi connectivity index (χ3n) is 8.48. The summed E-state index contributed by atoms with van der Waals surface area (Å²) in [5.41, 5.74) is 5.76. The Hall–Kier alpha value is -4.16. The molecule has 0 saturated carbocycles. The first kappa shape index (κ1) is 27.0. The summed E-state index contributed by atoms with van der Waals surface area (Å²) in [7, 11) is 1.64. The number of nitrogens with zero attached hydrogens (tertiary/aromatic N) is 1. The summed E-state index contributed by atoms with van der Waals surface area (Å²) in [6.07, 6.45) is 3.88. The smallest absolute Gasteiger partial charge is 0.228 e. The Bertz CT molecular complexity index is 1550. The van der Waals surface area contributed by atoms with E-state index in [0.717, 1.165) is 29.8 Å².